The van der Waals surface area contributed by atoms with Crippen molar-refractivity contribution < 1.29 is 33.6 Å². The standard InChI is InChI=1S/C27H32NO7P/c1-33-24-14-12-23(13-15-24)20-36(31,32)25(28-27(30)35-19-22-10-6-3-7-11-22)16-17-26(29)34-18-21-8-4-2-5-9-21/h2-15,25-26,29H,16-20H2,1H3,(H,28,30)(H,31,32). The molecule has 3 unspecified atom stereocenters. The Balaban J connectivity index is 1.62. The number of methoxy groups -OCH3 is 1. The molecule has 0 aliphatic rings. The molecule has 36 heavy (non-hydrogen) atoms. The molecule has 3 atom stereocenters. The minimum atomic E-state index is -3.95. The van der Waals surface area contributed by atoms with Crippen LogP contribution in [0.4, 0.5) is 4.79 Å². The Morgan fingerprint density at radius 1 is 0.861 bits per heavy atom. The summed E-state index contributed by atoms with van der Waals surface area (Å²) in [6, 6.07) is 25.3. The fourth-order valence-electron chi connectivity index (χ4n) is 3.53. The van der Waals surface area contributed by atoms with Crippen LogP contribution in [0.5, 0.6) is 5.75 Å². The van der Waals surface area contributed by atoms with Crippen molar-refractivity contribution in [2.45, 2.75) is 44.3 Å². The van der Waals surface area contributed by atoms with Gasteiger partial charge < -0.3 is 29.5 Å². The van der Waals surface area contributed by atoms with Crippen molar-refractivity contribution in [3.8, 4) is 5.75 Å². The summed E-state index contributed by atoms with van der Waals surface area (Å²) in [5.74, 6) is -0.512. The third kappa shape index (κ3) is 9.13. The van der Waals surface area contributed by atoms with Crippen molar-refractivity contribution in [3.63, 3.8) is 0 Å². The molecule has 3 aromatic carbocycles. The van der Waals surface area contributed by atoms with Crippen LogP contribution in [0.3, 0.4) is 0 Å². The minimum absolute atomic E-state index is 0.0142. The first-order valence-corrected chi connectivity index (χ1v) is 13.5. The predicted molar refractivity (Wildman–Crippen MR) is 137 cm³/mol. The van der Waals surface area contributed by atoms with E-state index in [1.54, 1.807) is 24.3 Å². The molecule has 3 rings (SSSR count). The maximum absolute atomic E-state index is 13.4. The number of hydrogen-bond acceptors (Lipinski definition) is 6. The number of carbonyl (C=O) groups excluding carboxylic acids is 1. The lowest BCUT2D eigenvalue weighted by Gasteiger charge is -2.25. The summed E-state index contributed by atoms with van der Waals surface area (Å²) in [4.78, 5) is 23.4. The van der Waals surface area contributed by atoms with Gasteiger partial charge in [0.15, 0.2) is 6.29 Å². The predicted octanol–water partition coefficient (Wildman–Crippen LogP) is 5.03. The van der Waals surface area contributed by atoms with E-state index in [2.05, 4.69) is 5.32 Å². The average Bonchev–Trinajstić information content (AvgIpc) is 2.90. The topological polar surface area (TPSA) is 114 Å². The van der Waals surface area contributed by atoms with Gasteiger partial charge >= 0.3 is 6.09 Å². The normalized spacial score (nSPS) is 14.3. The summed E-state index contributed by atoms with van der Waals surface area (Å²) in [6.45, 7) is 0.221. The highest BCUT2D eigenvalue weighted by molar-refractivity contribution is 7.57. The first kappa shape index (κ1) is 27.4. The van der Waals surface area contributed by atoms with E-state index in [0.717, 1.165) is 11.1 Å². The number of amides is 1. The van der Waals surface area contributed by atoms with Crippen LogP contribution < -0.4 is 10.1 Å². The molecular weight excluding hydrogens is 481 g/mol. The van der Waals surface area contributed by atoms with Crippen LogP contribution >= 0.6 is 7.37 Å². The Morgan fingerprint density at radius 2 is 1.44 bits per heavy atom. The van der Waals surface area contributed by atoms with Crippen LogP contribution in [0.1, 0.15) is 29.5 Å². The van der Waals surface area contributed by atoms with Crippen LogP contribution in [0, 0.1) is 0 Å². The van der Waals surface area contributed by atoms with E-state index in [4.69, 9.17) is 14.2 Å². The number of carbonyl (C=O) groups is 1. The van der Waals surface area contributed by atoms with Crippen molar-refractivity contribution in [2.24, 2.45) is 0 Å². The van der Waals surface area contributed by atoms with Crippen LogP contribution in [-0.2, 0) is 33.4 Å². The van der Waals surface area contributed by atoms with Gasteiger partial charge in [-0.1, -0.05) is 72.8 Å². The van der Waals surface area contributed by atoms with Gasteiger partial charge in [0.05, 0.1) is 19.9 Å². The van der Waals surface area contributed by atoms with E-state index < -0.39 is 25.5 Å². The van der Waals surface area contributed by atoms with Gasteiger partial charge in [-0.15, -0.1) is 0 Å². The number of aliphatic hydroxyl groups is 1. The third-order valence-corrected chi connectivity index (χ3v) is 7.70. The fourth-order valence-corrected chi connectivity index (χ4v) is 5.34. The van der Waals surface area contributed by atoms with Crippen molar-refractivity contribution in [1.29, 1.82) is 0 Å². The summed E-state index contributed by atoms with van der Waals surface area (Å²) in [7, 11) is -2.41. The van der Waals surface area contributed by atoms with E-state index in [9.17, 15) is 19.4 Å². The van der Waals surface area contributed by atoms with E-state index in [1.165, 1.54) is 7.11 Å². The van der Waals surface area contributed by atoms with Crippen LogP contribution in [0.2, 0.25) is 0 Å². The van der Waals surface area contributed by atoms with Gasteiger partial charge in [0.1, 0.15) is 18.1 Å². The molecule has 0 radical (unpaired) electrons. The van der Waals surface area contributed by atoms with Crippen LogP contribution in [0.15, 0.2) is 84.9 Å². The second-order valence-corrected chi connectivity index (χ2v) is 10.8. The van der Waals surface area contributed by atoms with Crippen molar-refractivity contribution in [2.75, 3.05) is 7.11 Å². The maximum atomic E-state index is 13.4. The molecule has 3 aromatic rings. The Hall–Kier alpha value is -3.16. The molecule has 0 fully saturated rings. The third-order valence-electron chi connectivity index (χ3n) is 5.52. The zero-order chi connectivity index (χ0) is 25.8. The van der Waals surface area contributed by atoms with Crippen molar-refractivity contribution >= 4 is 13.5 Å². The summed E-state index contributed by atoms with van der Waals surface area (Å²) in [5, 5.41) is 12.8. The molecule has 0 aliphatic carbocycles. The highest BCUT2D eigenvalue weighted by Crippen LogP contribution is 2.50. The van der Waals surface area contributed by atoms with Crippen molar-refractivity contribution in [3.05, 3.63) is 102 Å². The molecule has 0 bridgehead atoms. The summed E-state index contributed by atoms with van der Waals surface area (Å²) >= 11 is 0. The first-order valence-electron chi connectivity index (χ1n) is 11.6. The minimum Gasteiger partial charge on any atom is -0.497 e. The smallest absolute Gasteiger partial charge is 0.408 e. The van der Waals surface area contributed by atoms with Gasteiger partial charge in [-0.2, -0.15) is 0 Å². The van der Waals surface area contributed by atoms with Gasteiger partial charge in [-0.25, -0.2) is 4.79 Å². The van der Waals surface area contributed by atoms with Gasteiger partial charge in [-0.05, 0) is 35.2 Å². The SMILES string of the molecule is COc1ccc(CP(=O)(O)C(CCC(O)OCc2ccccc2)NC(=O)OCc2ccccc2)cc1. The number of benzene rings is 3. The number of nitrogens with one attached hydrogen (secondary N) is 1. The number of hydrogen-bond donors (Lipinski definition) is 3. The molecule has 0 spiro atoms. The zero-order valence-electron chi connectivity index (χ0n) is 20.2. The van der Waals surface area contributed by atoms with Crippen LogP contribution in [-0.4, -0.2) is 35.3 Å². The summed E-state index contributed by atoms with van der Waals surface area (Å²) in [5.41, 5.74) is 2.30. The molecule has 8 nitrogen and oxygen atoms in total. The first-order chi connectivity index (χ1) is 17.4. The lowest BCUT2D eigenvalue weighted by molar-refractivity contribution is -0.112. The van der Waals surface area contributed by atoms with E-state index >= 15 is 0 Å². The average molecular weight is 514 g/mol. The second kappa shape index (κ2) is 13.8. The lowest BCUT2D eigenvalue weighted by atomic mass is 10.2. The lowest BCUT2D eigenvalue weighted by Crippen LogP contribution is -2.36. The quantitative estimate of drug-likeness (QED) is 0.217. The number of ether oxygens (including phenoxy) is 3. The number of alkyl carbamates (subject to hydrolysis) is 1. The molecule has 1 amide bonds. The van der Waals surface area contributed by atoms with Gasteiger partial charge in [0, 0.05) is 6.42 Å². The molecule has 192 valence electrons. The van der Waals surface area contributed by atoms with Gasteiger partial charge in [0.2, 0.25) is 7.37 Å². The molecule has 0 saturated heterocycles. The largest absolute Gasteiger partial charge is 0.497 e. The Kier molecular flexibility index (Phi) is 10.5. The monoisotopic (exact) mass is 513 g/mol. The zero-order valence-corrected chi connectivity index (χ0v) is 21.1. The highest BCUT2D eigenvalue weighted by atomic mass is 31.2. The second-order valence-electron chi connectivity index (χ2n) is 8.31. The van der Waals surface area contributed by atoms with E-state index in [0.29, 0.717) is 11.3 Å². The Morgan fingerprint density at radius 3 is 2.03 bits per heavy atom. The summed E-state index contributed by atoms with van der Waals surface area (Å²) in [6.07, 6.45) is -2.09. The van der Waals surface area contributed by atoms with Crippen molar-refractivity contribution in [1.82, 2.24) is 5.32 Å². The molecule has 9 heteroatoms. The number of rotatable bonds is 13. The summed E-state index contributed by atoms with van der Waals surface area (Å²) < 4.78 is 29.2. The van der Waals surface area contributed by atoms with E-state index in [-0.39, 0.29) is 32.2 Å². The molecular formula is C27H32NO7P. The number of aliphatic hydroxyl groups excluding tert-OH is 1. The Bertz CT molecular complexity index is 1110. The molecule has 0 saturated carbocycles. The molecule has 3 N–H and O–H groups in total. The van der Waals surface area contributed by atoms with Gasteiger partial charge in [-0.3, -0.25) is 4.57 Å². The molecule has 0 aromatic heterocycles. The van der Waals surface area contributed by atoms with Gasteiger partial charge in [0.25, 0.3) is 0 Å². The molecule has 0 aliphatic heterocycles. The van der Waals surface area contributed by atoms with E-state index in [1.807, 2.05) is 60.7 Å². The molecule has 0 heterocycles. The maximum Gasteiger partial charge on any atom is 0.408 e. The highest BCUT2D eigenvalue weighted by Gasteiger charge is 2.33. The Labute approximate surface area is 211 Å². The fraction of sp³-hybridized carbons (Fsp3) is 0.296. The van der Waals surface area contributed by atoms with Crippen LogP contribution in [0.25, 0.3) is 0 Å².